The lowest BCUT2D eigenvalue weighted by Gasteiger charge is -2.29. The Hall–Kier alpha value is -4.46. The Labute approximate surface area is 264 Å². The minimum atomic E-state index is -4.94. The number of carbonyl (C=O) groups is 4. The summed E-state index contributed by atoms with van der Waals surface area (Å²) >= 11 is 0. The Kier molecular flexibility index (Phi) is 10.9. The fraction of sp³-hybridized carbons (Fsp3) is 0.143. The van der Waals surface area contributed by atoms with E-state index in [1.165, 1.54) is 49.5 Å². The molecule has 46 heavy (non-hydrogen) atoms. The Morgan fingerprint density at radius 1 is 0.457 bits per heavy atom. The van der Waals surface area contributed by atoms with Crippen molar-refractivity contribution < 1.29 is 86.1 Å². The van der Waals surface area contributed by atoms with Gasteiger partial charge in [-0.2, -0.15) is 0 Å². The van der Waals surface area contributed by atoms with Gasteiger partial charge in [-0.25, -0.2) is 46.4 Å². The van der Waals surface area contributed by atoms with Crippen molar-refractivity contribution >= 4 is 34.4 Å². The first-order valence-corrected chi connectivity index (χ1v) is 15.0. The number of nitrogens with zero attached hydrogens (tertiary/aromatic N) is 4. The molecule has 0 unspecified atom stereocenters. The van der Waals surface area contributed by atoms with Gasteiger partial charge in [0.25, 0.3) is 23.6 Å². The molecule has 0 saturated carbocycles. The summed E-state index contributed by atoms with van der Waals surface area (Å²) in [5.74, 6) is -1.72. The summed E-state index contributed by atoms with van der Waals surface area (Å²) in [5.41, 5.74) is 3.85. The van der Waals surface area contributed by atoms with Crippen molar-refractivity contribution in [3.8, 4) is 11.1 Å². The zero-order valence-corrected chi connectivity index (χ0v) is 25.9. The predicted molar refractivity (Wildman–Crippen MR) is 131 cm³/mol. The summed E-state index contributed by atoms with van der Waals surface area (Å²) in [7, 11) is -3.02. The minimum Gasteiger partial charge on any atom is -0.277 e. The highest BCUT2D eigenvalue weighted by Crippen LogP contribution is 2.37. The fourth-order valence-corrected chi connectivity index (χ4v) is 4.50. The second kappa shape index (κ2) is 13.9. The van der Waals surface area contributed by atoms with E-state index in [9.17, 15) is 19.2 Å². The molecule has 2 aliphatic heterocycles. The lowest BCUT2D eigenvalue weighted by molar-refractivity contribution is -2.00. The number of aryl methyl sites for hydroxylation is 2. The second-order valence-electron chi connectivity index (χ2n) is 9.67. The van der Waals surface area contributed by atoms with Gasteiger partial charge >= 0.3 is 0 Å². The van der Waals surface area contributed by atoms with Crippen LogP contribution >= 0.6 is 0 Å². The summed E-state index contributed by atoms with van der Waals surface area (Å²) in [5, 5.41) is 0.802. The smallest absolute Gasteiger partial charge is 0.261 e. The van der Waals surface area contributed by atoms with Crippen molar-refractivity contribution in [2.24, 2.45) is 14.1 Å². The van der Waals surface area contributed by atoms with Gasteiger partial charge in [-0.1, -0.05) is 0 Å². The molecule has 0 spiro atoms. The van der Waals surface area contributed by atoms with Gasteiger partial charge in [-0.15, -0.1) is 20.5 Å². The van der Waals surface area contributed by atoms with Crippen LogP contribution in [-0.4, -0.2) is 47.5 Å². The van der Waals surface area contributed by atoms with E-state index < -0.39 is 44.1 Å². The lowest BCUT2D eigenvalue weighted by atomic mass is 9.86. The molecule has 18 heteroatoms. The van der Waals surface area contributed by atoms with Gasteiger partial charge in [0.1, 0.15) is 14.1 Å². The van der Waals surface area contributed by atoms with E-state index in [1.54, 1.807) is 0 Å². The molecule has 4 heterocycles. The first kappa shape index (κ1) is 36.0. The van der Waals surface area contributed by atoms with E-state index >= 15 is 0 Å². The molecule has 2 aromatic carbocycles. The minimum absolute atomic E-state index is 0.336. The van der Waals surface area contributed by atoms with Crippen LogP contribution < -0.4 is 46.4 Å². The highest BCUT2D eigenvalue weighted by Gasteiger charge is 2.37. The Balaban J connectivity index is 0.000000205. The molecule has 0 N–H and O–H groups in total. The number of hydrogen-bond acceptors (Lipinski definition) is 12. The number of aromatic nitrogens is 2. The lowest BCUT2D eigenvalue weighted by Crippen LogP contribution is -2.68. The quantitative estimate of drug-likeness (QED) is 0.134. The molecule has 0 radical (unpaired) electrons. The number of carbonyl (C=O) groups excluding carboxylic acids is 4. The van der Waals surface area contributed by atoms with Crippen LogP contribution in [0.5, 0.6) is 0 Å². The molecule has 4 aromatic rings. The summed E-state index contributed by atoms with van der Waals surface area (Å²) in [6.07, 6.45) is 8.23. The molecule has 0 aliphatic carbocycles. The maximum Gasteiger partial charge on any atom is 0.261 e. The average Bonchev–Trinajstić information content (AvgIpc) is 2.96. The van der Waals surface area contributed by atoms with Gasteiger partial charge in [0.05, 0.1) is 0 Å². The van der Waals surface area contributed by atoms with Crippen LogP contribution in [0, 0.1) is 20.5 Å². The maximum absolute atomic E-state index is 12.3. The highest BCUT2D eigenvalue weighted by molar-refractivity contribution is 6.33. The summed E-state index contributed by atoms with van der Waals surface area (Å²) < 4.78 is 72.0. The van der Waals surface area contributed by atoms with Gasteiger partial charge < -0.3 is 0 Å². The number of benzene rings is 2. The number of amides is 4. The van der Waals surface area contributed by atoms with Gasteiger partial charge in [0.15, 0.2) is 24.8 Å². The molecule has 0 saturated heterocycles. The van der Waals surface area contributed by atoms with Gasteiger partial charge in [-0.3, -0.25) is 29.0 Å². The predicted octanol–water partition coefficient (Wildman–Crippen LogP) is -7.22. The third-order valence-corrected chi connectivity index (χ3v) is 6.59. The van der Waals surface area contributed by atoms with Gasteiger partial charge in [0.2, 0.25) is 0 Å². The molecule has 242 valence electrons. The van der Waals surface area contributed by atoms with Crippen LogP contribution in [-0.2, 0) is 14.1 Å². The zero-order chi connectivity index (χ0) is 34.7. The van der Waals surface area contributed by atoms with Gasteiger partial charge in [0, 0.05) is 71.4 Å². The molecule has 6 rings (SSSR count). The molecule has 2 aromatic heterocycles. The highest BCUT2D eigenvalue weighted by atomic mass is 35.7. The van der Waals surface area contributed by atoms with Crippen molar-refractivity contribution in [1.29, 1.82) is 0 Å². The molecule has 0 bridgehead atoms. The summed E-state index contributed by atoms with van der Waals surface area (Å²) in [6, 6.07) is 14.6. The van der Waals surface area contributed by atoms with Crippen LogP contribution in [0.15, 0.2) is 73.3 Å². The summed E-state index contributed by atoms with van der Waals surface area (Å²) in [6.45, 7) is 0. The normalized spacial score (nSPS) is 13.7. The van der Waals surface area contributed by atoms with E-state index in [0.717, 1.165) is 9.80 Å². The molecule has 0 fully saturated rings. The van der Waals surface area contributed by atoms with E-state index in [0.29, 0.717) is 33.0 Å². The molecule has 4 amide bonds. The standard InChI is InChI=1S/C16H10N2O4.C12H14N2.2ClHO4/c1-17-13(19)7-3-5-9-12-10(16(22)18(2)15(9)21)6-4-8(11(7)12)14(17)20;1-13-7-3-11(4-8-13)12-5-9-14(2)10-6-12;2*2-1(3,4)5/h3-6H,1-2H3;3-10H,1-2H3;2*(H,2,3,4,5)/q;+2;;/p-2. The Morgan fingerprint density at radius 3 is 0.848 bits per heavy atom. The second-order valence-corrected chi connectivity index (χ2v) is 11.2. The SMILES string of the molecule is CN1C(=O)c2ccc3c4c(ccc(c24)C1=O)C(=O)N(C)C3=O.C[n+]1ccc(-c2cc[n+](C)cc2)cc1.[O-][Cl+3]([O-])([O-])[O-].[O-][Cl+3]([O-])([O-])[O-]. The first-order valence-electron chi connectivity index (χ1n) is 12.6. The van der Waals surface area contributed by atoms with Crippen LogP contribution in [0.25, 0.3) is 21.9 Å². The van der Waals surface area contributed by atoms with E-state index in [-0.39, 0.29) is 0 Å². The van der Waals surface area contributed by atoms with Crippen LogP contribution in [0.2, 0.25) is 0 Å². The fourth-order valence-electron chi connectivity index (χ4n) is 4.50. The number of pyridine rings is 2. The zero-order valence-electron chi connectivity index (χ0n) is 24.4. The third kappa shape index (κ3) is 8.83. The third-order valence-electron chi connectivity index (χ3n) is 6.59. The topological polar surface area (TPSA) is 267 Å². The monoisotopic (exact) mass is 678 g/mol. The van der Waals surface area contributed by atoms with E-state index in [2.05, 4.69) is 49.1 Å². The Morgan fingerprint density at radius 2 is 0.652 bits per heavy atom. The number of rotatable bonds is 1. The van der Waals surface area contributed by atoms with Crippen LogP contribution in [0.3, 0.4) is 0 Å². The van der Waals surface area contributed by atoms with Crippen molar-refractivity contribution in [1.82, 2.24) is 9.80 Å². The maximum atomic E-state index is 12.3. The number of imide groups is 2. The van der Waals surface area contributed by atoms with Crippen molar-refractivity contribution in [2.75, 3.05) is 14.1 Å². The number of hydrogen-bond donors (Lipinski definition) is 0. The van der Waals surface area contributed by atoms with Crippen LogP contribution in [0.1, 0.15) is 41.4 Å². The van der Waals surface area contributed by atoms with E-state index in [4.69, 9.17) is 37.3 Å². The largest absolute Gasteiger partial charge is 0.277 e. The van der Waals surface area contributed by atoms with E-state index in [1.807, 2.05) is 23.2 Å². The van der Waals surface area contributed by atoms with Crippen LogP contribution in [0.4, 0.5) is 0 Å². The number of halogens is 2. The molecular formula is C28H24Cl2N4O12. The molecular weight excluding hydrogens is 655 g/mol. The average molecular weight is 679 g/mol. The first-order chi connectivity index (χ1) is 21.2. The van der Waals surface area contributed by atoms with Crippen molar-refractivity contribution in [2.45, 2.75) is 0 Å². The molecule has 16 nitrogen and oxygen atoms in total. The summed E-state index contributed by atoms with van der Waals surface area (Å²) in [4.78, 5) is 51.3. The van der Waals surface area contributed by atoms with Gasteiger partial charge in [-0.05, 0) is 35.4 Å². The van der Waals surface area contributed by atoms with Crippen molar-refractivity contribution in [3.63, 3.8) is 0 Å². The Bertz CT molecular complexity index is 1590. The molecule has 0 atom stereocenters. The van der Waals surface area contributed by atoms with Crippen molar-refractivity contribution in [3.05, 3.63) is 95.6 Å². The molecule has 2 aliphatic rings.